The van der Waals surface area contributed by atoms with Gasteiger partial charge in [-0.25, -0.2) is 0 Å². The highest BCUT2D eigenvalue weighted by atomic mass is 16.1. The maximum atomic E-state index is 12.2. The Morgan fingerprint density at radius 2 is 1.75 bits per heavy atom. The van der Waals surface area contributed by atoms with E-state index < -0.39 is 0 Å². The highest BCUT2D eigenvalue weighted by Crippen LogP contribution is 2.19. The van der Waals surface area contributed by atoms with Gasteiger partial charge in [0.2, 0.25) is 5.91 Å². The largest absolute Gasteiger partial charge is 0.345 e. The minimum absolute atomic E-state index is 0.102. The van der Waals surface area contributed by atoms with Gasteiger partial charge < -0.3 is 5.32 Å². The summed E-state index contributed by atoms with van der Waals surface area (Å²) in [7, 11) is 0. The van der Waals surface area contributed by atoms with Gasteiger partial charge in [-0.2, -0.15) is 0 Å². The van der Waals surface area contributed by atoms with Crippen LogP contribution in [-0.4, -0.2) is 18.2 Å². The Balaban J connectivity index is 2.56. The second-order valence-electron chi connectivity index (χ2n) is 5.03. The molecular weight excluding hydrogens is 250 g/mol. The molecule has 0 radical (unpaired) electrons. The molecule has 0 unspecified atom stereocenters. The van der Waals surface area contributed by atoms with E-state index in [4.69, 9.17) is 6.42 Å². The number of benzene rings is 1. The molecule has 3 heteroatoms. The van der Waals surface area contributed by atoms with Crippen LogP contribution in [0.1, 0.15) is 46.3 Å². The van der Waals surface area contributed by atoms with Gasteiger partial charge in [-0.1, -0.05) is 23.6 Å². The van der Waals surface area contributed by atoms with Crippen LogP contribution >= 0.6 is 0 Å². The summed E-state index contributed by atoms with van der Waals surface area (Å²) < 4.78 is 0. The number of hydrogen-bond donors (Lipinski definition) is 1. The molecule has 1 amide bonds. The molecule has 0 saturated carbocycles. The van der Waals surface area contributed by atoms with E-state index in [9.17, 15) is 9.59 Å². The maximum absolute atomic E-state index is 12.2. The Kier molecular flexibility index (Phi) is 5.99. The third kappa shape index (κ3) is 4.55. The van der Waals surface area contributed by atoms with Crippen LogP contribution in [0.25, 0.3) is 0 Å². The van der Waals surface area contributed by atoms with E-state index >= 15 is 0 Å². The summed E-state index contributed by atoms with van der Waals surface area (Å²) in [6, 6.07) is 4.03. The van der Waals surface area contributed by atoms with Gasteiger partial charge in [0, 0.05) is 18.4 Å². The van der Waals surface area contributed by atoms with Gasteiger partial charge in [0.05, 0.1) is 6.54 Å². The van der Waals surface area contributed by atoms with Gasteiger partial charge in [0.15, 0.2) is 5.78 Å². The van der Waals surface area contributed by atoms with E-state index in [1.165, 1.54) is 0 Å². The van der Waals surface area contributed by atoms with Crippen molar-refractivity contribution in [3.8, 4) is 12.3 Å². The van der Waals surface area contributed by atoms with E-state index in [0.29, 0.717) is 19.3 Å². The molecule has 0 heterocycles. The van der Waals surface area contributed by atoms with Gasteiger partial charge in [0.25, 0.3) is 0 Å². The summed E-state index contributed by atoms with van der Waals surface area (Å²) in [4.78, 5) is 23.6. The molecule has 20 heavy (non-hydrogen) atoms. The van der Waals surface area contributed by atoms with E-state index in [2.05, 4.69) is 11.2 Å². The minimum atomic E-state index is -0.104. The number of hydrogen-bond acceptors (Lipinski definition) is 2. The van der Waals surface area contributed by atoms with Crippen LogP contribution in [0, 0.1) is 33.1 Å². The topological polar surface area (TPSA) is 46.2 Å². The lowest BCUT2D eigenvalue weighted by Gasteiger charge is -2.10. The molecule has 0 aliphatic carbocycles. The molecule has 0 aliphatic rings. The smallest absolute Gasteiger partial charge is 0.220 e. The second kappa shape index (κ2) is 7.49. The SMILES string of the molecule is C#CCNC(=O)CCCC(=O)c1c(C)cc(C)cc1C. The van der Waals surface area contributed by atoms with Gasteiger partial charge in [0.1, 0.15) is 0 Å². The van der Waals surface area contributed by atoms with Crippen molar-refractivity contribution in [1.29, 1.82) is 0 Å². The molecule has 1 rings (SSSR count). The molecule has 0 atom stereocenters. The average Bonchev–Trinajstić information content (AvgIpc) is 2.35. The van der Waals surface area contributed by atoms with E-state index in [-0.39, 0.29) is 18.2 Å². The van der Waals surface area contributed by atoms with Gasteiger partial charge in [-0.15, -0.1) is 6.42 Å². The monoisotopic (exact) mass is 271 g/mol. The predicted molar refractivity (Wildman–Crippen MR) is 80.7 cm³/mol. The fourth-order valence-electron chi connectivity index (χ4n) is 2.39. The molecule has 1 aromatic rings. The molecule has 0 saturated heterocycles. The summed E-state index contributed by atoms with van der Waals surface area (Å²) in [6.07, 6.45) is 6.31. The van der Waals surface area contributed by atoms with Crippen LogP contribution in [0.15, 0.2) is 12.1 Å². The number of terminal acetylenes is 1. The fraction of sp³-hybridized carbons (Fsp3) is 0.412. The molecule has 1 N–H and O–H groups in total. The Morgan fingerprint density at radius 3 is 2.30 bits per heavy atom. The van der Waals surface area contributed by atoms with Crippen molar-refractivity contribution in [3.63, 3.8) is 0 Å². The van der Waals surface area contributed by atoms with Crippen molar-refractivity contribution in [3.05, 3.63) is 34.4 Å². The first-order valence-corrected chi connectivity index (χ1v) is 6.77. The van der Waals surface area contributed by atoms with Crippen molar-refractivity contribution in [1.82, 2.24) is 5.32 Å². The first-order valence-electron chi connectivity index (χ1n) is 6.77. The summed E-state index contributed by atoms with van der Waals surface area (Å²) in [5.74, 6) is 2.34. The number of aryl methyl sites for hydroxylation is 3. The number of carbonyl (C=O) groups is 2. The molecule has 0 fully saturated rings. The summed E-state index contributed by atoms with van der Waals surface area (Å²) in [5, 5.41) is 2.59. The normalized spacial score (nSPS) is 9.90. The van der Waals surface area contributed by atoms with Crippen LogP contribution in [0.3, 0.4) is 0 Å². The Hall–Kier alpha value is -2.08. The molecular formula is C17H21NO2. The lowest BCUT2D eigenvalue weighted by molar-refractivity contribution is -0.120. The van der Waals surface area contributed by atoms with E-state index in [1.807, 2.05) is 32.9 Å². The van der Waals surface area contributed by atoms with Crippen LogP contribution in [-0.2, 0) is 4.79 Å². The minimum Gasteiger partial charge on any atom is -0.345 e. The van der Waals surface area contributed by atoms with Crippen molar-refractivity contribution >= 4 is 11.7 Å². The van der Waals surface area contributed by atoms with Crippen molar-refractivity contribution in [2.45, 2.75) is 40.0 Å². The summed E-state index contributed by atoms with van der Waals surface area (Å²) in [5.41, 5.74) is 3.96. The predicted octanol–water partition coefficient (Wildman–Crippen LogP) is 2.71. The first-order chi connectivity index (χ1) is 9.45. The maximum Gasteiger partial charge on any atom is 0.220 e. The first kappa shape index (κ1) is 16.0. The lowest BCUT2D eigenvalue weighted by atomic mass is 9.94. The number of Topliss-reactive ketones (excluding diaryl/α,β-unsaturated/α-hetero) is 1. The molecule has 0 spiro atoms. The van der Waals surface area contributed by atoms with E-state index in [1.54, 1.807) is 0 Å². The molecule has 0 aliphatic heterocycles. The molecule has 0 bridgehead atoms. The van der Waals surface area contributed by atoms with Crippen molar-refractivity contribution in [2.75, 3.05) is 6.54 Å². The van der Waals surface area contributed by atoms with E-state index in [0.717, 1.165) is 22.3 Å². The average molecular weight is 271 g/mol. The number of rotatable bonds is 6. The zero-order valence-corrected chi connectivity index (χ0v) is 12.4. The van der Waals surface area contributed by atoms with Crippen LogP contribution in [0.4, 0.5) is 0 Å². The fourth-order valence-corrected chi connectivity index (χ4v) is 2.39. The van der Waals surface area contributed by atoms with Crippen LogP contribution in [0.5, 0.6) is 0 Å². The molecule has 1 aromatic carbocycles. The Labute approximate surface area is 120 Å². The highest BCUT2D eigenvalue weighted by molar-refractivity contribution is 5.99. The summed E-state index contributed by atoms with van der Waals surface area (Å²) >= 11 is 0. The van der Waals surface area contributed by atoms with Crippen LogP contribution < -0.4 is 5.32 Å². The Morgan fingerprint density at radius 1 is 1.15 bits per heavy atom. The number of amides is 1. The zero-order valence-electron chi connectivity index (χ0n) is 12.4. The lowest BCUT2D eigenvalue weighted by Crippen LogP contribution is -2.23. The zero-order chi connectivity index (χ0) is 15.1. The number of nitrogens with one attached hydrogen (secondary N) is 1. The molecule has 106 valence electrons. The number of ketones is 1. The number of carbonyl (C=O) groups excluding carboxylic acids is 2. The quantitative estimate of drug-likeness (QED) is 0.638. The van der Waals surface area contributed by atoms with Gasteiger partial charge in [-0.05, 0) is 38.3 Å². The van der Waals surface area contributed by atoms with Gasteiger partial charge in [-0.3, -0.25) is 9.59 Å². The Bertz CT molecular complexity index is 530. The third-order valence-electron chi connectivity index (χ3n) is 3.15. The third-order valence-corrected chi connectivity index (χ3v) is 3.15. The molecule has 3 nitrogen and oxygen atoms in total. The van der Waals surface area contributed by atoms with Crippen molar-refractivity contribution in [2.24, 2.45) is 0 Å². The molecule has 0 aromatic heterocycles. The van der Waals surface area contributed by atoms with Crippen LogP contribution in [0.2, 0.25) is 0 Å². The second-order valence-corrected chi connectivity index (χ2v) is 5.03. The highest BCUT2D eigenvalue weighted by Gasteiger charge is 2.13. The van der Waals surface area contributed by atoms with Gasteiger partial charge >= 0.3 is 0 Å². The standard InChI is InChI=1S/C17H21NO2/c1-5-9-18-16(20)8-6-7-15(19)17-13(3)10-12(2)11-14(17)4/h1,10-11H,6-9H2,2-4H3,(H,18,20). The summed E-state index contributed by atoms with van der Waals surface area (Å²) in [6.45, 7) is 6.16. The van der Waals surface area contributed by atoms with Crippen molar-refractivity contribution < 1.29 is 9.59 Å².